The number of nitrogens with zero attached hydrogens (tertiary/aromatic N) is 4. The van der Waals surface area contributed by atoms with Crippen LogP contribution in [0.1, 0.15) is 5.56 Å². The number of halogens is 1. The molecule has 1 aromatic carbocycles. The van der Waals surface area contributed by atoms with E-state index in [9.17, 15) is 4.79 Å². The number of aromatic nitrogens is 4. The molecule has 0 bridgehead atoms. The van der Waals surface area contributed by atoms with E-state index in [2.05, 4.69) is 36.8 Å². The maximum Gasteiger partial charge on any atom is 0.242 e. The predicted octanol–water partition coefficient (Wildman–Crippen LogP) is 0.761. The Morgan fingerprint density at radius 3 is 3.05 bits per heavy atom. The Hall–Kier alpha value is -1.96. The van der Waals surface area contributed by atoms with Gasteiger partial charge in [0.1, 0.15) is 18.6 Å². The highest BCUT2D eigenvalue weighted by Crippen LogP contribution is 2.22. The molecule has 0 spiro atoms. The highest BCUT2D eigenvalue weighted by Gasteiger charge is 2.07. The quantitative estimate of drug-likeness (QED) is 0.877. The maximum absolute atomic E-state index is 11.7. The molecule has 0 fully saturated rings. The summed E-state index contributed by atoms with van der Waals surface area (Å²) in [7, 11) is 1.59. The molecule has 100 valence electrons. The van der Waals surface area contributed by atoms with Gasteiger partial charge in [0, 0.05) is 16.6 Å². The van der Waals surface area contributed by atoms with Crippen molar-refractivity contribution in [3.8, 4) is 5.75 Å². The second kappa shape index (κ2) is 6.28. The van der Waals surface area contributed by atoms with Gasteiger partial charge in [0.15, 0.2) is 0 Å². The van der Waals surface area contributed by atoms with Gasteiger partial charge < -0.3 is 10.1 Å². The van der Waals surface area contributed by atoms with Gasteiger partial charge in [-0.1, -0.05) is 15.9 Å². The van der Waals surface area contributed by atoms with Crippen LogP contribution in [-0.2, 0) is 17.9 Å². The van der Waals surface area contributed by atoms with Gasteiger partial charge in [-0.2, -0.15) is 0 Å². The number of tetrazole rings is 1. The van der Waals surface area contributed by atoms with E-state index in [1.54, 1.807) is 7.11 Å². The summed E-state index contributed by atoms with van der Waals surface area (Å²) in [6.45, 7) is 0.465. The molecule has 0 aliphatic heterocycles. The molecule has 1 N–H and O–H groups in total. The zero-order valence-electron chi connectivity index (χ0n) is 10.2. The SMILES string of the molecule is COc1ccc(Br)cc1CNC(=O)Cn1cnnn1. The fourth-order valence-electron chi connectivity index (χ4n) is 1.53. The van der Waals surface area contributed by atoms with Gasteiger partial charge >= 0.3 is 0 Å². The molecule has 0 unspecified atom stereocenters. The molecule has 0 saturated heterocycles. The third kappa shape index (κ3) is 3.75. The number of hydrogen-bond acceptors (Lipinski definition) is 5. The lowest BCUT2D eigenvalue weighted by molar-refractivity contribution is -0.122. The maximum atomic E-state index is 11.7. The molecule has 7 nitrogen and oxygen atoms in total. The van der Waals surface area contributed by atoms with Gasteiger partial charge in [0.2, 0.25) is 5.91 Å². The fraction of sp³-hybridized carbons (Fsp3) is 0.273. The summed E-state index contributed by atoms with van der Waals surface area (Å²) in [6, 6.07) is 5.62. The third-order valence-electron chi connectivity index (χ3n) is 2.42. The number of nitrogens with one attached hydrogen (secondary N) is 1. The van der Waals surface area contributed by atoms with Gasteiger partial charge in [-0.3, -0.25) is 4.79 Å². The van der Waals surface area contributed by atoms with Crippen LogP contribution in [0.2, 0.25) is 0 Å². The first-order valence-electron chi connectivity index (χ1n) is 5.49. The van der Waals surface area contributed by atoms with Crippen molar-refractivity contribution in [3.63, 3.8) is 0 Å². The highest BCUT2D eigenvalue weighted by atomic mass is 79.9. The van der Waals surface area contributed by atoms with E-state index in [4.69, 9.17) is 4.74 Å². The molecular formula is C11H12BrN5O2. The summed E-state index contributed by atoms with van der Waals surface area (Å²) < 4.78 is 7.51. The molecule has 1 heterocycles. The third-order valence-corrected chi connectivity index (χ3v) is 2.91. The summed E-state index contributed by atoms with van der Waals surface area (Å²) in [5.74, 6) is 0.556. The lowest BCUT2D eigenvalue weighted by Crippen LogP contribution is -2.27. The van der Waals surface area contributed by atoms with Crippen molar-refractivity contribution in [3.05, 3.63) is 34.6 Å². The highest BCUT2D eigenvalue weighted by molar-refractivity contribution is 9.10. The summed E-state index contributed by atoms with van der Waals surface area (Å²) >= 11 is 3.38. The summed E-state index contributed by atoms with van der Waals surface area (Å²) in [6.07, 6.45) is 1.39. The number of carbonyl (C=O) groups excluding carboxylic acids is 1. The van der Waals surface area contributed by atoms with Crippen LogP contribution in [0.3, 0.4) is 0 Å². The normalized spacial score (nSPS) is 10.2. The van der Waals surface area contributed by atoms with E-state index < -0.39 is 0 Å². The second-order valence-electron chi connectivity index (χ2n) is 3.74. The van der Waals surface area contributed by atoms with Gasteiger partial charge in [0.25, 0.3) is 0 Å². The predicted molar refractivity (Wildman–Crippen MR) is 70.4 cm³/mol. The van der Waals surface area contributed by atoms with Gasteiger partial charge in [-0.25, -0.2) is 4.68 Å². The zero-order valence-corrected chi connectivity index (χ0v) is 11.8. The molecule has 2 rings (SSSR count). The van der Waals surface area contributed by atoms with Gasteiger partial charge in [-0.05, 0) is 28.6 Å². The van der Waals surface area contributed by atoms with Crippen LogP contribution in [-0.4, -0.2) is 33.2 Å². The van der Waals surface area contributed by atoms with Crippen LogP contribution >= 0.6 is 15.9 Å². The topological polar surface area (TPSA) is 81.9 Å². The average molecular weight is 326 g/mol. The molecule has 0 atom stereocenters. The summed E-state index contributed by atoms with van der Waals surface area (Å²) in [5.41, 5.74) is 0.891. The molecule has 0 aliphatic carbocycles. The van der Waals surface area contributed by atoms with E-state index in [0.29, 0.717) is 6.54 Å². The van der Waals surface area contributed by atoms with Crippen LogP contribution in [0.25, 0.3) is 0 Å². The lowest BCUT2D eigenvalue weighted by atomic mass is 10.2. The Balaban J connectivity index is 1.94. The zero-order chi connectivity index (χ0) is 13.7. The molecule has 1 aromatic heterocycles. The Labute approximate surface area is 118 Å². The fourth-order valence-corrected chi connectivity index (χ4v) is 1.94. The summed E-state index contributed by atoms with van der Waals surface area (Å²) in [4.78, 5) is 11.7. The van der Waals surface area contributed by atoms with Crippen molar-refractivity contribution >= 4 is 21.8 Å². The van der Waals surface area contributed by atoms with Crippen molar-refractivity contribution in [2.24, 2.45) is 0 Å². The van der Waals surface area contributed by atoms with Crippen molar-refractivity contribution < 1.29 is 9.53 Å². The van der Waals surface area contributed by atoms with Crippen LogP contribution < -0.4 is 10.1 Å². The number of ether oxygens (including phenoxy) is 1. The number of methoxy groups -OCH3 is 1. The largest absolute Gasteiger partial charge is 0.496 e. The van der Waals surface area contributed by atoms with E-state index in [0.717, 1.165) is 15.8 Å². The Kier molecular flexibility index (Phi) is 4.45. The van der Waals surface area contributed by atoms with Crippen molar-refractivity contribution in [1.29, 1.82) is 0 Å². The summed E-state index contributed by atoms with van der Waals surface area (Å²) in [5, 5.41) is 13.3. The minimum atomic E-state index is -0.172. The van der Waals surface area contributed by atoms with Crippen LogP contribution in [0.5, 0.6) is 5.75 Å². The van der Waals surface area contributed by atoms with E-state index in [-0.39, 0.29) is 12.5 Å². The Morgan fingerprint density at radius 1 is 1.53 bits per heavy atom. The molecule has 19 heavy (non-hydrogen) atoms. The van der Waals surface area contributed by atoms with Crippen LogP contribution in [0, 0.1) is 0 Å². The Bertz CT molecular complexity index is 558. The molecule has 0 saturated carbocycles. The van der Waals surface area contributed by atoms with Crippen molar-refractivity contribution in [1.82, 2.24) is 25.5 Å². The van der Waals surface area contributed by atoms with E-state index in [1.807, 2.05) is 18.2 Å². The van der Waals surface area contributed by atoms with Crippen LogP contribution in [0.15, 0.2) is 29.0 Å². The molecule has 2 aromatic rings. The standard InChI is InChI=1S/C11H12BrN5O2/c1-19-10-3-2-9(12)4-8(10)5-13-11(18)6-17-7-14-15-16-17/h2-4,7H,5-6H2,1H3,(H,13,18). The first-order chi connectivity index (χ1) is 9.19. The first-order valence-corrected chi connectivity index (χ1v) is 6.28. The number of hydrogen-bond donors (Lipinski definition) is 1. The second-order valence-corrected chi connectivity index (χ2v) is 4.66. The van der Waals surface area contributed by atoms with E-state index in [1.165, 1.54) is 11.0 Å². The van der Waals surface area contributed by atoms with Gasteiger partial charge in [-0.15, -0.1) is 5.10 Å². The molecule has 8 heteroatoms. The average Bonchev–Trinajstić information content (AvgIpc) is 2.89. The minimum Gasteiger partial charge on any atom is -0.496 e. The van der Waals surface area contributed by atoms with Crippen LogP contribution in [0.4, 0.5) is 0 Å². The van der Waals surface area contributed by atoms with Gasteiger partial charge in [0.05, 0.1) is 7.11 Å². The monoisotopic (exact) mass is 325 g/mol. The van der Waals surface area contributed by atoms with E-state index >= 15 is 0 Å². The number of carbonyl (C=O) groups is 1. The molecule has 1 amide bonds. The minimum absolute atomic E-state index is 0.0866. The number of amides is 1. The molecular weight excluding hydrogens is 314 g/mol. The smallest absolute Gasteiger partial charge is 0.242 e. The lowest BCUT2D eigenvalue weighted by Gasteiger charge is -2.10. The number of rotatable bonds is 5. The Morgan fingerprint density at radius 2 is 2.37 bits per heavy atom. The van der Waals surface area contributed by atoms with Crippen molar-refractivity contribution in [2.75, 3.05) is 7.11 Å². The first kappa shape index (κ1) is 13.5. The molecule has 0 aliphatic rings. The van der Waals surface area contributed by atoms with Crippen molar-refractivity contribution in [2.45, 2.75) is 13.1 Å². The number of benzene rings is 1. The molecule has 0 radical (unpaired) electrons.